The molecule has 0 unspecified atom stereocenters. The van der Waals surface area contributed by atoms with Crippen LogP contribution >= 0.6 is 11.6 Å². The highest BCUT2D eigenvalue weighted by atomic mass is 35.5. The van der Waals surface area contributed by atoms with Crippen LogP contribution in [0.3, 0.4) is 0 Å². The number of rotatable bonds is 6. The Bertz CT molecular complexity index is 715. The molecule has 1 N–H and O–H groups in total. The van der Waals surface area contributed by atoms with Crippen molar-refractivity contribution in [2.45, 2.75) is 6.10 Å². The molecule has 2 rings (SSSR count). The number of esters is 1. The van der Waals surface area contributed by atoms with Crippen LogP contribution < -0.4 is 5.32 Å². The van der Waals surface area contributed by atoms with Gasteiger partial charge >= 0.3 is 5.97 Å². The highest BCUT2D eigenvalue weighted by Crippen LogP contribution is 2.24. The number of ether oxygens (including phenoxy) is 2. The number of hydrogen-bond acceptors (Lipinski definition) is 4. The number of hydrogen-bond donors (Lipinski definition) is 1. The molecule has 0 saturated carbocycles. The molecule has 6 heteroatoms. The fourth-order valence-corrected chi connectivity index (χ4v) is 2.48. The van der Waals surface area contributed by atoms with Gasteiger partial charge in [0.25, 0.3) is 5.91 Å². The predicted octanol–water partition coefficient (Wildman–Crippen LogP) is 3.24. The number of carbonyl (C=O) groups is 2. The average molecular weight is 348 g/mol. The summed E-state index contributed by atoms with van der Waals surface area (Å²) < 4.78 is 10.0. The van der Waals surface area contributed by atoms with Crippen molar-refractivity contribution in [1.29, 1.82) is 0 Å². The lowest BCUT2D eigenvalue weighted by Crippen LogP contribution is -2.29. The zero-order valence-electron chi connectivity index (χ0n) is 13.4. The van der Waals surface area contributed by atoms with Gasteiger partial charge in [0.15, 0.2) is 0 Å². The van der Waals surface area contributed by atoms with Gasteiger partial charge in [0.05, 0.1) is 12.7 Å². The molecule has 1 atom stereocenters. The lowest BCUT2D eigenvalue weighted by molar-refractivity contribution is 0.0600. The zero-order chi connectivity index (χ0) is 17.5. The minimum absolute atomic E-state index is 0.263. The summed E-state index contributed by atoms with van der Waals surface area (Å²) in [7, 11) is 2.87. The smallest absolute Gasteiger partial charge is 0.337 e. The number of benzene rings is 2. The van der Waals surface area contributed by atoms with Gasteiger partial charge in [0.2, 0.25) is 0 Å². The standard InChI is InChI=1S/C18H18ClNO4/c1-23-16(14-5-3-4-6-15(14)19)11-20-17(21)12-7-9-13(10-8-12)18(22)24-2/h3-10,16H,11H2,1-2H3,(H,20,21)/t16-/m0/s1. The van der Waals surface area contributed by atoms with Crippen LogP contribution in [0, 0.1) is 0 Å². The summed E-state index contributed by atoms with van der Waals surface area (Å²) in [5.74, 6) is -0.708. The predicted molar refractivity (Wildman–Crippen MR) is 91.3 cm³/mol. The Labute approximate surface area is 145 Å². The SMILES string of the molecule is COC(=O)c1ccc(C(=O)NC[C@H](OC)c2ccccc2Cl)cc1. The van der Waals surface area contributed by atoms with E-state index in [4.69, 9.17) is 16.3 Å². The maximum Gasteiger partial charge on any atom is 0.337 e. The Morgan fingerprint density at radius 3 is 2.25 bits per heavy atom. The normalized spacial score (nSPS) is 11.6. The van der Waals surface area contributed by atoms with Crippen molar-refractivity contribution in [3.63, 3.8) is 0 Å². The minimum Gasteiger partial charge on any atom is -0.465 e. The summed E-state index contributed by atoms with van der Waals surface area (Å²) in [6.45, 7) is 0.276. The third-order valence-corrected chi connectivity index (χ3v) is 3.90. The van der Waals surface area contributed by atoms with Crippen molar-refractivity contribution in [2.24, 2.45) is 0 Å². The highest BCUT2D eigenvalue weighted by molar-refractivity contribution is 6.31. The Morgan fingerprint density at radius 1 is 1.04 bits per heavy atom. The van der Waals surface area contributed by atoms with Gasteiger partial charge in [-0.15, -0.1) is 0 Å². The summed E-state index contributed by atoms with van der Waals surface area (Å²) in [6.07, 6.45) is -0.350. The molecule has 0 heterocycles. The first-order chi connectivity index (χ1) is 11.6. The van der Waals surface area contributed by atoms with E-state index in [1.54, 1.807) is 37.4 Å². The first-order valence-corrected chi connectivity index (χ1v) is 7.68. The Hall–Kier alpha value is -2.37. The fraction of sp³-hybridized carbons (Fsp3) is 0.222. The van der Waals surface area contributed by atoms with E-state index in [0.29, 0.717) is 16.1 Å². The van der Waals surface area contributed by atoms with E-state index >= 15 is 0 Å². The molecule has 0 aliphatic rings. The van der Waals surface area contributed by atoms with Gasteiger partial charge in [-0.3, -0.25) is 4.79 Å². The Morgan fingerprint density at radius 2 is 1.67 bits per heavy atom. The summed E-state index contributed by atoms with van der Waals surface area (Å²) >= 11 is 6.15. The number of amides is 1. The van der Waals surface area contributed by atoms with Gasteiger partial charge in [-0.2, -0.15) is 0 Å². The number of methoxy groups -OCH3 is 2. The van der Waals surface area contributed by atoms with Gasteiger partial charge in [-0.25, -0.2) is 4.79 Å². The number of halogens is 1. The van der Waals surface area contributed by atoms with Crippen molar-refractivity contribution in [2.75, 3.05) is 20.8 Å². The second-order valence-electron chi connectivity index (χ2n) is 5.02. The van der Waals surface area contributed by atoms with Crippen LogP contribution in [0.1, 0.15) is 32.4 Å². The molecule has 1 amide bonds. The van der Waals surface area contributed by atoms with Gasteiger partial charge in [-0.1, -0.05) is 29.8 Å². The fourth-order valence-electron chi connectivity index (χ4n) is 2.22. The zero-order valence-corrected chi connectivity index (χ0v) is 14.2. The second-order valence-corrected chi connectivity index (χ2v) is 5.43. The van der Waals surface area contributed by atoms with Crippen molar-refractivity contribution in [1.82, 2.24) is 5.32 Å². The molecule has 0 saturated heterocycles. The van der Waals surface area contributed by atoms with Crippen molar-refractivity contribution in [3.8, 4) is 0 Å². The van der Waals surface area contributed by atoms with E-state index in [1.165, 1.54) is 7.11 Å². The van der Waals surface area contributed by atoms with Crippen LogP contribution in [-0.4, -0.2) is 32.6 Å². The summed E-state index contributed by atoms with van der Waals surface area (Å²) in [5.41, 5.74) is 1.64. The van der Waals surface area contributed by atoms with E-state index in [0.717, 1.165) is 5.56 Å². The van der Waals surface area contributed by atoms with Crippen molar-refractivity contribution < 1.29 is 19.1 Å². The molecular formula is C18H18ClNO4. The van der Waals surface area contributed by atoms with Gasteiger partial charge in [0.1, 0.15) is 6.10 Å². The molecule has 0 fully saturated rings. The lowest BCUT2D eigenvalue weighted by atomic mass is 10.1. The van der Waals surface area contributed by atoms with Crippen LogP contribution in [0.5, 0.6) is 0 Å². The number of carbonyl (C=O) groups excluding carboxylic acids is 2. The van der Waals surface area contributed by atoms with E-state index in [1.807, 2.05) is 18.2 Å². The minimum atomic E-state index is -0.444. The Balaban J connectivity index is 2.01. The third-order valence-electron chi connectivity index (χ3n) is 3.55. The van der Waals surface area contributed by atoms with Crippen molar-refractivity contribution in [3.05, 3.63) is 70.2 Å². The molecule has 0 aliphatic carbocycles. The molecule has 126 valence electrons. The van der Waals surface area contributed by atoms with E-state index in [-0.39, 0.29) is 18.6 Å². The highest BCUT2D eigenvalue weighted by Gasteiger charge is 2.16. The third kappa shape index (κ3) is 4.34. The van der Waals surface area contributed by atoms with Gasteiger partial charge < -0.3 is 14.8 Å². The van der Waals surface area contributed by atoms with Gasteiger partial charge in [-0.05, 0) is 30.3 Å². The molecule has 2 aromatic carbocycles. The second kappa shape index (κ2) is 8.47. The maximum atomic E-state index is 12.2. The van der Waals surface area contributed by atoms with Crippen LogP contribution in [0.4, 0.5) is 0 Å². The monoisotopic (exact) mass is 347 g/mol. The summed E-state index contributed by atoms with van der Waals surface area (Å²) in [5, 5.41) is 3.38. The van der Waals surface area contributed by atoms with E-state index < -0.39 is 5.97 Å². The topological polar surface area (TPSA) is 64.6 Å². The molecule has 2 aromatic rings. The van der Waals surface area contributed by atoms with Crippen LogP contribution in [0.15, 0.2) is 48.5 Å². The number of nitrogens with one attached hydrogen (secondary N) is 1. The molecule has 0 radical (unpaired) electrons. The molecular weight excluding hydrogens is 330 g/mol. The van der Waals surface area contributed by atoms with Crippen LogP contribution in [0.25, 0.3) is 0 Å². The summed E-state index contributed by atoms with van der Waals surface area (Å²) in [4.78, 5) is 23.6. The van der Waals surface area contributed by atoms with E-state index in [9.17, 15) is 9.59 Å². The summed E-state index contributed by atoms with van der Waals surface area (Å²) in [6, 6.07) is 13.5. The van der Waals surface area contributed by atoms with Crippen molar-refractivity contribution >= 4 is 23.5 Å². The van der Waals surface area contributed by atoms with Gasteiger partial charge in [0, 0.05) is 29.8 Å². The van der Waals surface area contributed by atoms with Crippen LogP contribution in [-0.2, 0) is 9.47 Å². The quantitative estimate of drug-likeness (QED) is 0.815. The average Bonchev–Trinajstić information content (AvgIpc) is 2.62. The Kier molecular flexibility index (Phi) is 6.35. The molecule has 0 spiro atoms. The molecule has 5 nitrogen and oxygen atoms in total. The molecule has 0 bridgehead atoms. The molecule has 0 aromatic heterocycles. The van der Waals surface area contributed by atoms with E-state index in [2.05, 4.69) is 10.1 Å². The first kappa shape index (κ1) is 18.0. The molecule has 24 heavy (non-hydrogen) atoms. The van der Waals surface area contributed by atoms with Crippen LogP contribution in [0.2, 0.25) is 5.02 Å². The molecule has 0 aliphatic heterocycles. The lowest BCUT2D eigenvalue weighted by Gasteiger charge is -2.17. The maximum absolute atomic E-state index is 12.2. The first-order valence-electron chi connectivity index (χ1n) is 7.30. The largest absolute Gasteiger partial charge is 0.465 e.